The van der Waals surface area contributed by atoms with E-state index in [4.69, 9.17) is 15.3 Å². The number of hydrogen-bond donors (Lipinski definition) is 0. The molecule has 0 amide bonds. The first-order valence-corrected chi connectivity index (χ1v) is 5.13. The highest BCUT2D eigenvalue weighted by Gasteiger charge is 2.04. The van der Waals surface area contributed by atoms with Crippen LogP contribution in [-0.4, -0.2) is 9.97 Å². The molecule has 0 spiro atoms. The molecular formula is C13H8N4O. The molecule has 0 fully saturated rings. The van der Waals surface area contributed by atoms with Gasteiger partial charge >= 0.3 is 0 Å². The average Bonchev–Trinajstić information content (AvgIpc) is 2.42. The summed E-state index contributed by atoms with van der Waals surface area (Å²) in [5.74, 6) is 0.834. The van der Waals surface area contributed by atoms with E-state index in [1.165, 1.54) is 12.4 Å². The van der Waals surface area contributed by atoms with Crippen molar-refractivity contribution in [1.82, 2.24) is 9.97 Å². The summed E-state index contributed by atoms with van der Waals surface area (Å²) in [6.45, 7) is 1.87. The zero-order valence-corrected chi connectivity index (χ0v) is 9.58. The van der Waals surface area contributed by atoms with Crippen LogP contribution in [0.25, 0.3) is 0 Å². The number of rotatable bonds is 2. The van der Waals surface area contributed by atoms with Crippen LogP contribution in [0, 0.1) is 29.6 Å². The van der Waals surface area contributed by atoms with Gasteiger partial charge in [0.2, 0.25) is 5.88 Å². The lowest BCUT2D eigenvalue weighted by Gasteiger charge is -2.07. The van der Waals surface area contributed by atoms with Gasteiger partial charge in [-0.3, -0.25) is 0 Å². The minimum atomic E-state index is 0.227. The summed E-state index contributed by atoms with van der Waals surface area (Å²) in [5, 5.41) is 17.4. The first-order valence-electron chi connectivity index (χ1n) is 5.13. The molecule has 0 unspecified atom stereocenters. The second kappa shape index (κ2) is 4.94. The fraction of sp³-hybridized carbons (Fsp3) is 0.0769. The van der Waals surface area contributed by atoms with E-state index in [9.17, 15) is 0 Å². The molecule has 18 heavy (non-hydrogen) atoms. The second-order valence-electron chi connectivity index (χ2n) is 3.55. The van der Waals surface area contributed by atoms with E-state index >= 15 is 0 Å². The number of benzene rings is 1. The third-order valence-corrected chi connectivity index (χ3v) is 2.27. The molecular weight excluding hydrogens is 228 g/mol. The van der Waals surface area contributed by atoms with Gasteiger partial charge in [0.25, 0.3) is 0 Å². The molecule has 0 atom stereocenters. The standard InChI is InChI=1S/C13H8N4O/c1-9-2-3-10(5-14)4-12(9)18-13-8-16-11(6-15)7-17-13/h2-4,7-8H,1H3. The second-order valence-corrected chi connectivity index (χ2v) is 3.55. The van der Waals surface area contributed by atoms with Crippen molar-refractivity contribution in [2.75, 3.05) is 0 Å². The summed E-state index contributed by atoms with van der Waals surface area (Å²) in [6.07, 6.45) is 2.70. The molecule has 0 saturated heterocycles. The normalized spacial score (nSPS) is 9.28. The van der Waals surface area contributed by atoms with E-state index in [1.54, 1.807) is 18.2 Å². The van der Waals surface area contributed by atoms with Gasteiger partial charge in [0.15, 0.2) is 5.69 Å². The highest BCUT2D eigenvalue weighted by atomic mass is 16.5. The third kappa shape index (κ3) is 2.42. The van der Waals surface area contributed by atoms with E-state index in [2.05, 4.69) is 9.97 Å². The molecule has 0 saturated carbocycles. The molecule has 0 aliphatic heterocycles. The summed E-state index contributed by atoms with van der Waals surface area (Å²) in [5.41, 5.74) is 1.63. The van der Waals surface area contributed by atoms with Gasteiger partial charge in [-0.05, 0) is 24.6 Å². The summed E-state index contributed by atoms with van der Waals surface area (Å²) < 4.78 is 5.52. The van der Waals surface area contributed by atoms with Crippen molar-refractivity contribution in [3.05, 3.63) is 47.4 Å². The highest BCUT2D eigenvalue weighted by molar-refractivity contribution is 5.43. The Bertz CT molecular complexity index is 650. The van der Waals surface area contributed by atoms with Crippen LogP contribution in [0.3, 0.4) is 0 Å². The molecule has 2 aromatic rings. The molecule has 86 valence electrons. The van der Waals surface area contributed by atoms with Gasteiger partial charge in [0.05, 0.1) is 24.0 Å². The molecule has 0 aliphatic carbocycles. The van der Waals surface area contributed by atoms with Crippen LogP contribution < -0.4 is 4.74 Å². The molecule has 1 aromatic carbocycles. The van der Waals surface area contributed by atoms with Crippen LogP contribution >= 0.6 is 0 Å². The van der Waals surface area contributed by atoms with Gasteiger partial charge in [0.1, 0.15) is 11.8 Å². The summed E-state index contributed by atoms with van der Waals surface area (Å²) in [7, 11) is 0. The fourth-order valence-electron chi connectivity index (χ4n) is 1.32. The van der Waals surface area contributed by atoms with E-state index in [-0.39, 0.29) is 11.6 Å². The smallest absolute Gasteiger partial charge is 0.237 e. The quantitative estimate of drug-likeness (QED) is 0.799. The number of aryl methyl sites for hydroxylation is 1. The predicted octanol–water partition coefficient (Wildman–Crippen LogP) is 2.32. The van der Waals surface area contributed by atoms with Crippen LogP contribution in [0.2, 0.25) is 0 Å². The van der Waals surface area contributed by atoms with Gasteiger partial charge < -0.3 is 4.74 Å². The van der Waals surface area contributed by atoms with Crippen molar-refractivity contribution < 1.29 is 4.74 Å². The Hall–Kier alpha value is -2.92. The average molecular weight is 236 g/mol. The molecule has 5 heteroatoms. The van der Waals surface area contributed by atoms with Crippen molar-refractivity contribution in [3.63, 3.8) is 0 Å². The monoisotopic (exact) mass is 236 g/mol. The lowest BCUT2D eigenvalue weighted by Crippen LogP contribution is -1.93. The molecule has 0 N–H and O–H groups in total. The van der Waals surface area contributed by atoms with Gasteiger partial charge in [-0.2, -0.15) is 10.5 Å². The molecule has 0 bridgehead atoms. The summed E-state index contributed by atoms with van der Waals surface area (Å²) in [6, 6.07) is 9.06. The van der Waals surface area contributed by atoms with Gasteiger partial charge in [-0.25, -0.2) is 9.97 Å². The Kier molecular flexibility index (Phi) is 3.17. The zero-order chi connectivity index (χ0) is 13.0. The topological polar surface area (TPSA) is 82.6 Å². The van der Waals surface area contributed by atoms with E-state index in [0.717, 1.165) is 5.56 Å². The van der Waals surface area contributed by atoms with E-state index in [0.29, 0.717) is 11.3 Å². The van der Waals surface area contributed by atoms with Crippen LogP contribution in [0.5, 0.6) is 11.6 Å². The summed E-state index contributed by atoms with van der Waals surface area (Å²) >= 11 is 0. The minimum Gasteiger partial charge on any atom is -0.437 e. The maximum absolute atomic E-state index is 8.82. The van der Waals surface area contributed by atoms with Crippen LogP contribution in [-0.2, 0) is 0 Å². The lowest BCUT2D eigenvalue weighted by molar-refractivity contribution is 0.456. The van der Waals surface area contributed by atoms with Gasteiger partial charge in [-0.15, -0.1) is 0 Å². The van der Waals surface area contributed by atoms with Crippen LogP contribution in [0.15, 0.2) is 30.6 Å². The number of nitrogens with zero attached hydrogens (tertiary/aromatic N) is 4. The number of hydrogen-bond acceptors (Lipinski definition) is 5. The first-order chi connectivity index (χ1) is 8.72. The fourth-order valence-corrected chi connectivity index (χ4v) is 1.32. The number of ether oxygens (including phenoxy) is 1. The van der Waals surface area contributed by atoms with Crippen molar-refractivity contribution in [2.45, 2.75) is 6.92 Å². The maximum atomic E-state index is 8.82. The Balaban J connectivity index is 2.28. The largest absolute Gasteiger partial charge is 0.437 e. The van der Waals surface area contributed by atoms with Crippen molar-refractivity contribution in [2.24, 2.45) is 0 Å². The minimum absolute atomic E-state index is 0.227. The van der Waals surface area contributed by atoms with Crippen LogP contribution in [0.1, 0.15) is 16.8 Å². The Labute approximate surface area is 104 Å². The Morgan fingerprint density at radius 2 is 1.94 bits per heavy atom. The van der Waals surface area contributed by atoms with Crippen LogP contribution in [0.4, 0.5) is 0 Å². The Morgan fingerprint density at radius 1 is 1.11 bits per heavy atom. The van der Waals surface area contributed by atoms with E-state index in [1.807, 2.05) is 19.1 Å². The van der Waals surface area contributed by atoms with Gasteiger partial charge in [0, 0.05) is 0 Å². The number of aromatic nitrogens is 2. The van der Waals surface area contributed by atoms with Crippen molar-refractivity contribution in [1.29, 1.82) is 10.5 Å². The first kappa shape index (κ1) is 11.6. The molecule has 1 aromatic heterocycles. The number of nitriles is 2. The van der Waals surface area contributed by atoms with E-state index < -0.39 is 0 Å². The lowest BCUT2D eigenvalue weighted by atomic mass is 10.1. The molecule has 5 nitrogen and oxygen atoms in total. The predicted molar refractivity (Wildman–Crippen MR) is 62.7 cm³/mol. The third-order valence-electron chi connectivity index (χ3n) is 2.27. The van der Waals surface area contributed by atoms with Crippen molar-refractivity contribution in [3.8, 4) is 23.8 Å². The highest BCUT2D eigenvalue weighted by Crippen LogP contribution is 2.24. The van der Waals surface area contributed by atoms with Crippen molar-refractivity contribution >= 4 is 0 Å². The molecule has 0 radical (unpaired) electrons. The maximum Gasteiger partial charge on any atom is 0.237 e. The molecule has 1 heterocycles. The molecule has 2 rings (SSSR count). The Morgan fingerprint density at radius 3 is 2.56 bits per heavy atom. The zero-order valence-electron chi connectivity index (χ0n) is 9.58. The summed E-state index contributed by atoms with van der Waals surface area (Å²) in [4.78, 5) is 7.80. The molecule has 0 aliphatic rings. The SMILES string of the molecule is Cc1ccc(C#N)cc1Oc1cnc(C#N)cn1. The van der Waals surface area contributed by atoms with Gasteiger partial charge in [-0.1, -0.05) is 6.07 Å².